The van der Waals surface area contributed by atoms with Crippen LogP contribution in [-0.2, 0) is 11.3 Å². The predicted octanol–water partition coefficient (Wildman–Crippen LogP) is 2.67. The summed E-state index contributed by atoms with van der Waals surface area (Å²) < 4.78 is 10.3. The Kier molecular flexibility index (Phi) is 9.33. The normalized spacial score (nSPS) is 11.7. The monoisotopic (exact) mass is 364 g/mol. The summed E-state index contributed by atoms with van der Waals surface area (Å²) in [6.45, 7) is 10.2. The smallest absolute Gasteiger partial charge is 0.407 e. The van der Waals surface area contributed by atoms with Gasteiger partial charge >= 0.3 is 6.09 Å². The molecule has 0 aliphatic heterocycles. The van der Waals surface area contributed by atoms with Crippen LogP contribution in [0, 0.1) is 0 Å². The molecule has 1 aromatic carbocycles. The highest BCUT2D eigenvalue weighted by Gasteiger charge is 2.15. The van der Waals surface area contributed by atoms with Crippen LogP contribution in [0.5, 0.6) is 5.75 Å². The molecule has 0 atom stereocenters. The Labute approximate surface area is 156 Å². The number of guanidine groups is 1. The lowest BCUT2D eigenvalue weighted by atomic mass is 10.2. The third-order valence-electron chi connectivity index (χ3n) is 3.24. The average molecular weight is 364 g/mol. The summed E-state index contributed by atoms with van der Waals surface area (Å²) in [6, 6.07) is 7.84. The maximum Gasteiger partial charge on any atom is 0.407 e. The molecule has 0 aromatic heterocycles. The molecule has 7 nitrogen and oxygen atoms in total. The van der Waals surface area contributed by atoms with Crippen LogP contribution in [0.1, 0.15) is 39.7 Å². The van der Waals surface area contributed by atoms with Crippen molar-refractivity contribution in [1.29, 1.82) is 0 Å². The zero-order valence-corrected chi connectivity index (χ0v) is 16.5. The predicted molar refractivity (Wildman–Crippen MR) is 105 cm³/mol. The van der Waals surface area contributed by atoms with Crippen molar-refractivity contribution in [3.8, 4) is 5.75 Å². The molecule has 1 rings (SSSR count). The maximum absolute atomic E-state index is 11.6. The fourth-order valence-corrected chi connectivity index (χ4v) is 2.04. The van der Waals surface area contributed by atoms with Crippen molar-refractivity contribution in [2.75, 3.05) is 26.7 Å². The van der Waals surface area contributed by atoms with Gasteiger partial charge in [-0.05, 0) is 51.8 Å². The molecule has 0 heterocycles. The number of carbonyl (C=O) groups is 1. The van der Waals surface area contributed by atoms with Crippen LogP contribution in [0.4, 0.5) is 4.79 Å². The number of hydrogen-bond acceptors (Lipinski definition) is 4. The van der Waals surface area contributed by atoms with E-state index in [1.807, 2.05) is 52.0 Å². The fraction of sp³-hybridized carbons (Fsp3) is 0.579. The molecule has 1 amide bonds. The zero-order valence-electron chi connectivity index (χ0n) is 16.5. The third kappa shape index (κ3) is 9.76. The van der Waals surface area contributed by atoms with Crippen molar-refractivity contribution in [3.63, 3.8) is 0 Å². The second-order valence-corrected chi connectivity index (χ2v) is 6.75. The van der Waals surface area contributed by atoms with Crippen molar-refractivity contribution in [2.45, 2.75) is 46.3 Å². The molecule has 3 N–H and O–H groups in total. The fourth-order valence-electron chi connectivity index (χ4n) is 2.04. The van der Waals surface area contributed by atoms with Gasteiger partial charge in [-0.15, -0.1) is 0 Å². The van der Waals surface area contributed by atoms with E-state index in [0.29, 0.717) is 19.6 Å². The SMILES string of the molecule is CCNC(=NCc1ccc(OC)cc1)NCCCNC(=O)OC(C)(C)C. The summed E-state index contributed by atoms with van der Waals surface area (Å²) in [5.41, 5.74) is 0.629. The largest absolute Gasteiger partial charge is 0.497 e. The first-order chi connectivity index (χ1) is 12.3. The van der Waals surface area contributed by atoms with Gasteiger partial charge in [-0.2, -0.15) is 0 Å². The lowest BCUT2D eigenvalue weighted by molar-refractivity contribution is 0.0527. The minimum Gasteiger partial charge on any atom is -0.497 e. The molecule has 1 aromatic rings. The molecule has 0 unspecified atom stereocenters. The van der Waals surface area contributed by atoms with Crippen molar-refractivity contribution in [1.82, 2.24) is 16.0 Å². The topological polar surface area (TPSA) is 84.0 Å². The molecule has 0 radical (unpaired) electrons. The first-order valence-electron chi connectivity index (χ1n) is 8.96. The van der Waals surface area contributed by atoms with Crippen molar-refractivity contribution < 1.29 is 14.3 Å². The van der Waals surface area contributed by atoms with Gasteiger partial charge in [-0.1, -0.05) is 12.1 Å². The lowest BCUT2D eigenvalue weighted by Crippen LogP contribution is -2.39. The van der Waals surface area contributed by atoms with Crippen LogP contribution in [-0.4, -0.2) is 44.4 Å². The Hall–Kier alpha value is -2.44. The number of nitrogens with zero attached hydrogens (tertiary/aromatic N) is 1. The number of rotatable bonds is 8. The summed E-state index contributed by atoms with van der Waals surface area (Å²) in [5.74, 6) is 1.58. The summed E-state index contributed by atoms with van der Waals surface area (Å²) in [7, 11) is 1.65. The molecule has 7 heteroatoms. The second-order valence-electron chi connectivity index (χ2n) is 6.75. The average Bonchev–Trinajstić information content (AvgIpc) is 2.58. The van der Waals surface area contributed by atoms with Crippen molar-refractivity contribution in [3.05, 3.63) is 29.8 Å². The van der Waals surface area contributed by atoms with Crippen molar-refractivity contribution in [2.24, 2.45) is 4.99 Å². The number of benzene rings is 1. The molecule has 146 valence electrons. The second kappa shape index (κ2) is 11.2. The molecular formula is C19H32N4O3. The van der Waals surface area contributed by atoms with Crippen LogP contribution in [0.3, 0.4) is 0 Å². The third-order valence-corrected chi connectivity index (χ3v) is 3.24. The van der Waals surface area contributed by atoms with Gasteiger partial charge in [0.25, 0.3) is 0 Å². The molecule has 0 bridgehead atoms. The number of aliphatic imine (C=N–C) groups is 1. The van der Waals surface area contributed by atoms with Gasteiger partial charge in [0.1, 0.15) is 11.4 Å². The van der Waals surface area contributed by atoms with Crippen LogP contribution in [0.2, 0.25) is 0 Å². The quantitative estimate of drug-likeness (QED) is 0.375. The molecule has 26 heavy (non-hydrogen) atoms. The van der Waals surface area contributed by atoms with E-state index in [-0.39, 0.29) is 0 Å². The van der Waals surface area contributed by atoms with Gasteiger partial charge in [0.05, 0.1) is 13.7 Å². The summed E-state index contributed by atoms with van der Waals surface area (Å²) in [5, 5.41) is 9.21. The highest BCUT2D eigenvalue weighted by molar-refractivity contribution is 5.79. The Bertz CT molecular complexity index is 565. The minimum atomic E-state index is -0.478. The highest BCUT2D eigenvalue weighted by Crippen LogP contribution is 2.11. The number of methoxy groups -OCH3 is 1. The van der Waals surface area contributed by atoms with Gasteiger partial charge in [-0.3, -0.25) is 0 Å². The Morgan fingerprint density at radius 1 is 1.08 bits per heavy atom. The van der Waals surface area contributed by atoms with Gasteiger partial charge < -0.3 is 25.4 Å². The summed E-state index contributed by atoms with van der Waals surface area (Å²) in [6.07, 6.45) is 0.379. The van der Waals surface area contributed by atoms with E-state index in [1.165, 1.54) is 0 Å². The minimum absolute atomic E-state index is 0.391. The maximum atomic E-state index is 11.6. The molecule has 0 spiro atoms. The van der Waals surface area contributed by atoms with E-state index in [1.54, 1.807) is 7.11 Å². The van der Waals surface area contributed by atoms with Crippen LogP contribution in [0.25, 0.3) is 0 Å². The highest BCUT2D eigenvalue weighted by atomic mass is 16.6. The standard InChI is InChI=1S/C19H32N4O3/c1-6-20-17(23-14-15-8-10-16(25-5)11-9-15)21-12-7-13-22-18(24)26-19(2,3)4/h8-11H,6-7,12-14H2,1-5H3,(H,22,24)(H2,20,21,23). The number of alkyl carbamates (subject to hydrolysis) is 1. The zero-order chi connectivity index (χ0) is 19.4. The van der Waals surface area contributed by atoms with E-state index in [0.717, 1.165) is 30.2 Å². The van der Waals surface area contributed by atoms with Gasteiger partial charge in [-0.25, -0.2) is 9.79 Å². The van der Waals surface area contributed by atoms with Crippen LogP contribution >= 0.6 is 0 Å². The molecule has 0 saturated heterocycles. The number of ether oxygens (including phenoxy) is 2. The molecule has 0 aliphatic carbocycles. The van der Waals surface area contributed by atoms with Crippen LogP contribution in [0.15, 0.2) is 29.3 Å². The van der Waals surface area contributed by atoms with Gasteiger partial charge in [0, 0.05) is 19.6 Å². The Morgan fingerprint density at radius 2 is 1.73 bits per heavy atom. The molecule has 0 fully saturated rings. The summed E-state index contributed by atoms with van der Waals surface area (Å²) >= 11 is 0. The molecule has 0 aliphatic rings. The number of amides is 1. The van der Waals surface area contributed by atoms with E-state index in [9.17, 15) is 4.79 Å². The van der Waals surface area contributed by atoms with E-state index in [4.69, 9.17) is 9.47 Å². The number of hydrogen-bond donors (Lipinski definition) is 3. The van der Waals surface area contributed by atoms with Gasteiger partial charge in [0.2, 0.25) is 0 Å². The molecular weight excluding hydrogens is 332 g/mol. The lowest BCUT2D eigenvalue weighted by Gasteiger charge is -2.19. The summed E-state index contributed by atoms with van der Waals surface area (Å²) in [4.78, 5) is 16.1. The molecule has 0 saturated carbocycles. The van der Waals surface area contributed by atoms with E-state index < -0.39 is 11.7 Å². The number of carbonyl (C=O) groups excluding carboxylic acids is 1. The first-order valence-corrected chi connectivity index (χ1v) is 8.96. The van der Waals surface area contributed by atoms with E-state index >= 15 is 0 Å². The van der Waals surface area contributed by atoms with Crippen molar-refractivity contribution >= 4 is 12.1 Å². The number of nitrogens with one attached hydrogen (secondary N) is 3. The Morgan fingerprint density at radius 3 is 2.31 bits per heavy atom. The Balaban J connectivity index is 2.34. The van der Waals surface area contributed by atoms with Crippen LogP contribution < -0.4 is 20.7 Å². The van der Waals surface area contributed by atoms with E-state index in [2.05, 4.69) is 20.9 Å². The van der Waals surface area contributed by atoms with Gasteiger partial charge in [0.15, 0.2) is 5.96 Å². The first kappa shape index (κ1) is 21.6.